The van der Waals surface area contributed by atoms with Crippen molar-refractivity contribution in [3.63, 3.8) is 0 Å². The number of aliphatic hydroxyl groups is 1. The van der Waals surface area contributed by atoms with Crippen molar-refractivity contribution in [1.29, 1.82) is 0 Å². The van der Waals surface area contributed by atoms with Gasteiger partial charge in [-0.3, -0.25) is 4.68 Å². The molecule has 0 unspecified atom stereocenters. The molecule has 1 aromatic rings. The zero-order chi connectivity index (χ0) is 10.6. The molecule has 0 saturated heterocycles. The molecule has 4 heteroatoms. The van der Waals surface area contributed by atoms with Gasteiger partial charge in [0.25, 0.3) is 0 Å². The summed E-state index contributed by atoms with van der Waals surface area (Å²) >= 11 is 0. The van der Waals surface area contributed by atoms with E-state index in [4.69, 9.17) is 5.11 Å². The molecule has 0 radical (unpaired) electrons. The van der Waals surface area contributed by atoms with Gasteiger partial charge in [-0.05, 0) is 20.8 Å². The second-order valence-electron chi connectivity index (χ2n) is 3.90. The van der Waals surface area contributed by atoms with Gasteiger partial charge >= 0.3 is 0 Å². The number of nitrogens with zero attached hydrogens (tertiary/aromatic N) is 2. The summed E-state index contributed by atoms with van der Waals surface area (Å²) in [5, 5.41) is 16.4. The third-order valence-corrected chi connectivity index (χ3v) is 1.95. The molecule has 0 aliphatic carbocycles. The molecule has 0 spiro atoms. The van der Waals surface area contributed by atoms with E-state index in [1.54, 1.807) is 6.92 Å². The number of aliphatic hydroxyl groups excluding tert-OH is 1. The summed E-state index contributed by atoms with van der Waals surface area (Å²) in [6.45, 7) is 7.34. The van der Waals surface area contributed by atoms with Crippen LogP contribution in [0.3, 0.4) is 0 Å². The highest BCUT2D eigenvalue weighted by atomic mass is 16.3. The third-order valence-electron chi connectivity index (χ3n) is 1.95. The van der Waals surface area contributed by atoms with Gasteiger partial charge in [0.2, 0.25) is 0 Å². The van der Waals surface area contributed by atoms with Crippen molar-refractivity contribution in [2.24, 2.45) is 0 Å². The van der Waals surface area contributed by atoms with Crippen LogP contribution >= 0.6 is 0 Å². The van der Waals surface area contributed by atoms with E-state index in [9.17, 15) is 0 Å². The topological polar surface area (TPSA) is 50.1 Å². The van der Waals surface area contributed by atoms with Gasteiger partial charge in [0.1, 0.15) is 0 Å². The van der Waals surface area contributed by atoms with Crippen LogP contribution in [0.25, 0.3) is 0 Å². The van der Waals surface area contributed by atoms with E-state index in [2.05, 4.69) is 24.3 Å². The van der Waals surface area contributed by atoms with Crippen molar-refractivity contribution in [3.05, 3.63) is 18.0 Å². The molecular weight excluding hydrogens is 178 g/mol. The lowest BCUT2D eigenvalue weighted by Crippen LogP contribution is -2.23. The second-order valence-corrected chi connectivity index (χ2v) is 3.90. The highest BCUT2D eigenvalue weighted by Gasteiger charge is 2.01. The van der Waals surface area contributed by atoms with Crippen molar-refractivity contribution < 1.29 is 5.11 Å². The third kappa shape index (κ3) is 3.47. The molecule has 2 N–H and O–H groups in total. The fraction of sp³-hybridized carbons (Fsp3) is 0.700. The molecule has 0 amide bonds. The SMILES string of the molecule is CC(C)n1cc(CNC[C@@H](C)O)cn1. The predicted octanol–water partition coefficient (Wildman–Crippen LogP) is 0.934. The van der Waals surface area contributed by atoms with Gasteiger partial charge in [-0.15, -0.1) is 0 Å². The average molecular weight is 197 g/mol. The molecule has 80 valence electrons. The van der Waals surface area contributed by atoms with E-state index < -0.39 is 0 Å². The van der Waals surface area contributed by atoms with Crippen molar-refractivity contribution in [2.75, 3.05) is 6.54 Å². The van der Waals surface area contributed by atoms with Crippen LogP contribution in [0.4, 0.5) is 0 Å². The predicted molar refractivity (Wildman–Crippen MR) is 56.0 cm³/mol. The number of aromatic nitrogens is 2. The van der Waals surface area contributed by atoms with Crippen molar-refractivity contribution >= 4 is 0 Å². The Morgan fingerprint density at radius 3 is 2.71 bits per heavy atom. The lowest BCUT2D eigenvalue weighted by atomic mass is 10.3. The van der Waals surface area contributed by atoms with Gasteiger partial charge in [-0.1, -0.05) is 0 Å². The minimum atomic E-state index is -0.296. The quantitative estimate of drug-likeness (QED) is 0.738. The van der Waals surface area contributed by atoms with Gasteiger partial charge in [0.15, 0.2) is 0 Å². The molecule has 0 saturated carbocycles. The maximum absolute atomic E-state index is 9.04. The Morgan fingerprint density at radius 1 is 1.50 bits per heavy atom. The highest BCUT2D eigenvalue weighted by Crippen LogP contribution is 2.04. The fourth-order valence-corrected chi connectivity index (χ4v) is 1.18. The summed E-state index contributed by atoms with van der Waals surface area (Å²) in [7, 11) is 0. The molecule has 0 aliphatic rings. The van der Waals surface area contributed by atoms with Crippen LogP contribution in [0.5, 0.6) is 0 Å². The summed E-state index contributed by atoms with van der Waals surface area (Å²) in [5.41, 5.74) is 1.15. The van der Waals surface area contributed by atoms with Gasteiger partial charge < -0.3 is 10.4 Å². The molecule has 1 rings (SSSR count). The largest absolute Gasteiger partial charge is 0.392 e. The van der Waals surface area contributed by atoms with Crippen molar-refractivity contribution in [2.45, 2.75) is 39.5 Å². The first-order valence-electron chi connectivity index (χ1n) is 5.01. The molecular formula is C10H19N3O. The number of hydrogen-bond acceptors (Lipinski definition) is 3. The van der Waals surface area contributed by atoms with E-state index in [1.807, 2.05) is 17.1 Å². The van der Waals surface area contributed by atoms with Crippen molar-refractivity contribution in [1.82, 2.24) is 15.1 Å². The lowest BCUT2D eigenvalue weighted by Gasteiger charge is -2.05. The van der Waals surface area contributed by atoms with E-state index in [0.717, 1.165) is 12.1 Å². The summed E-state index contributed by atoms with van der Waals surface area (Å²) in [5.74, 6) is 0. The first-order valence-corrected chi connectivity index (χ1v) is 5.01. The van der Waals surface area contributed by atoms with Crippen LogP contribution in [0.2, 0.25) is 0 Å². The van der Waals surface area contributed by atoms with E-state index in [1.165, 1.54) is 0 Å². The van der Waals surface area contributed by atoms with E-state index in [-0.39, 0.29) is 6.10 Å². The van der Waals surface area contributed by atoms with Gasteiger partial charge in [0, 0.05) is 30.9 Å². The highest BCUT2D eigenvalue weighted by molar-refractivity contribution is 5.03. The standard InChI is InChI=1S/C10H19N3O/c1-8(2)13-7-10(6-12-13)5-11-4-9(3)14/h6-9,11,14H,4-5H2,1-3H3/t9-/m1/s1. The molecule has 0 aliphatic heterocycles. The van der Waals surface area contributed by atoms with Crippen LogP contribution in [0.15, 0.2) is 12.4 Å². The van der Waals surface area contributed by atoms with Gasteiger partial charge in [-0.2, -0.15) is 5.10 Å². The van der Waals surface area contributed by atoms with Crippen molar-refractivity contribution in [3.8, 4) is 0 Å². The Hall–Kier alpha value is -0.870. The molecule has 4 nitrogen and oxygen atoms in total. The van der Waals surface area contributed by atoms with Crippen LogP contribution in [-0.2, 0) is 6.54 Å². The summed E-state index contributed by atoms with van der Waals surface area (Å²) in [6, 6.07) is 0.403. The normalized spacial score (nSPS) is 13.5. The maximum atomic E-state index is 9.04. The molecule has 1 heterocycles. The Morgan fingerprint density at radius 2 is 2.21 bits per heavy atom. The lowest BCUT2D eigenvalue weighted by molar-refractivity contribution is 0.191. The van der Waals surface area contributed by atoms with Crippen LogP contribution in [0.1, 0.15) is 32.4 Å². The zero-order valence-electron chi connectivity index (χ0n) is 9.07. The smallest absolute Gasteiger partial charge is 0.0636 e. The summed E-state index contributed by atoms with van der Waals surface area (Å²) in [4.78, 5) is 0. The van der Waals surface area contributed by atoms with E-state index in [0.29, 0.717) is 12.6 Å². The minimum Gasteiger partial charge on any atom is -0.392 e. The Kier molecular flexibility index (Phi) is 4.10. The molecule has 14 heavy (non-hydrogen) atoms. The minimum absolute atomic E-state index is 0.296. The zero-order valence-corrected chi connectivity index (χ0v) is 9.07. The summed E-state index contributed by atoms with van der Waals surface area (Å²) < 4.78 is 1.93. The molecule has 1 aromatic heterocycles. The van der Waals surface area contributed by atoms with Gasteiger partial charge in [0.05, 0.1) is 12.3 Å². The van der Waals surface area contributed by atoms with Crippen LogP contribution < -0.4 is 5.32 Å². The fourth-order valence-electron chi connectivity index (χ4n) is 1.18. The molecule has 0 fully saturated rings. The molecule has 0 bridgehead atoms. The van der Waals surface area contributed by atoms with Gasteiger partial charge in [-0.25, -0.2) is 0 Å². The van der Waals surface area contributed by atoms with E-state index >= 15 is 0 Å². The van der Waals surface area contributed by atoms with Crippen LogP contribution in [-0.4, -0.2) is 27.5 Å². The average Bonchev–Trinajstić information content (AvgIpc) is 2.52. The molecule has 1 atom stereocenters. The Balaban J connectivity index is 2.36. The monoisotopic (exact) mass is 197 g/mol. The number of rotatable bonds is 5. The first-order chi connectivity index (χ1) is 6.59. The summed E-state index contributed by atoms with van der Waals surface area (Å²) in [6.07, 6.45) is 3.59. The first kappa shape index (κ1) is 11.2. The van der Waals surface area contributed by atoms with Crippen LogP contribution in [0, 0.1) is 0 Å². The maximum Gasteiger partial charge on any atom is 0.0636 e. The second kappa shape index (κ2) is 5.12. The Bertz CT molecular complexity index is 268. The number of nitrogens with one attached hydrogen (secondary N) is 1. The Labute approximate surface area is 84.9 Å². The molecule has 0 aromatic carbocycles. The number of hydrogen-bond donors (Lipinski definition) is 2.